The van der Waals surface area contributed by atoms with E-state index in [1.54, 1.807) is 0 Å². The second-order valence-corrected chi connectivity index (χ2v) is 10.2. The molecule has 4 aliphatic rings. The molecule has 2 atom stereocenters. The maximum absolute atomic E-state index is 13.0. The Hall–Kier alpha value is -1.65. The molecule has 4 aliphatic carbocycles. The fourth-order valence-corrected chi connectivity index (χ4v) is 6.55. The molecule has 0 aromatic heterocycles. The lowest BCUT2D eigenvalue weighted by Crippen LogP contribution is -2.65. The van der Waals surface area contributed by atoms with Crippen LogP contribution in [0.15, 0.2) is 23.1 Å². The zero-order valence-electron chi connectivity index (χ0n) is 14.9. The number of alkyl halides is 3. The SMILES string of the molecule is NS(=O)(=O)c1cc(C(F)(F)F)ccc1C(=O)NC12CC3CC(CC(O)(C3)C1)C2. The van der Waals surface area contributed by atoms with Gasteiger partial charge in [-0.3, -0.25) is 4.79 Å². The molecule has 0 heterocycles. The first kappa shape index (κ1) is 19.7. The van der Waals surface area contributed by atoms with E-state index in [9.17, 15) is 31.5 Å². The number of benzene rings is 1. The highest BCUT2D eigenvalue weighted by atomic mass is 32.2. The van der Waals surface area contributed by atoms with E-state index in [-0.39, 0.29) is 11.8 Å². The molecule has 1 aromatic carbocycles. The predicted octanol–water partition coefficient (Wildman–Crippen LogP) is 2.17. The monoisotopic (exact) mass is 418 g/mol. The zero-order chi connectivity index (χ0) is 20.5. The van der Waals surface area contributed by atoms with Crippen molar-refractivity contribution in [2.24, 2.45) is 17.0 Å². The Bertz CT molecular complexity index is 931. The summed E-state index contributed by atoms with van der Waals surface area (Å²) in [7, 11) is -4.55. The van der Waals surface area contributed by atoms with Crippen LogP contribution in [0.4, 0.5) is 13.2 Å². The lowest BCUT2D eigenvalue weighted by molar-refractivity contribution is -0.139. The van der Waals surface area contributed by atoms with Crippen molar-refractivity contribution in [3.8, 4) is 0 Å². The maximum Gasteiger partial charge on any atom is 0.416 e. The van der Waals surface area contributed by atoms with Gasteiger partial charge in [-0.25, -0.2) is 13.6 Å². The van der Waals surface area contributed by atoms with Gasteiger partial charge in [-0.15, -0.1) is 0 Å². The first-order valence-corrected chi connectivity index (χ1v) is 10.6. The summed E-state index contributed by atoms with van der Waals surface area (Å²) in [5, 5.41) is 18.7. The molecular weight excluding hydrogens is 397 g/mol. The van der Waals surface area contributed by atoms with Crippen molar-refractivity contribution in [1.29, 1.82) is 0 Å². The fraction of sp³-hybridized carbons (Fsp3) is 0.611. The predicted molar refractivity (Wildman–Crippen MR) is 92.6 cm³/mol. The highest BCUT2D eigenvalue weighted by molar-refractivity contribution is 7.89. The number of aliphatic hydroxyl groups is 1. The summed E-state index contributed by atoms with van der Waals surface area (Å²) in [6.45, 7) is 0. The Balaban J connectivity index is 1.67. The molecule has 0 aliphatic heterocycles. The number of hydrogen-bond donors (Lipinski definition) is 3. The maximum atomic E-state index is 13.0. The summed E-state index contributed by atoms with van der Waals surface area (Å²) in [5.41, 5.74) is -3.13. The van der Waals surface area contributed by atoms with Crippen LogP contribution in [0.1, 0.15) is 54.4 Å². The number of sulfonamides is 1. The van der Waals surface area contributed by atoms with Gasteiger partial charge >= 0.3 is 6.18 Å². The molecule has 1 aromatic rings. The second kappa shape index (κ2) is 5.93. The van der Waals surface area contributed by atoms with Crippen molar-refractivity contribution < 1.29 is 31.5 Å². The Morgan fingerprint density at radius 3 is 2.29 bits per heavy atom. The summed E-state index contributed by atoms with van der Waals surface area (Å²) in [6, 6.07) is 1.89. The van der Waals surface area contributed by atoms with Gasteiger partial charge in [0.25, 0.3) is 5.91 Å². The Morgan fingerprint density at radius 2 is 1.79 bits per heavy atom. The molecule has 2 unspecified atom stereocenters. The number of nitrogens with one attached hydrogen (secondary N) is 1. The number of amides is 1. The molecule has 4 N–H and O–H groups in total. The van der Waals surface area contributed by atoms with Gasteiger partial charge in [0.05, 0.1) is 21.6 Å². The Labute approximate surface area is 160 Å². The van der Waals surface area contributed by atoms with Crippen molar-refractivity contribution in [3.63, 3.8) is 0 Å². The highest BCUT2D eigenvalue weighted by Gasteiger charge is 2.57. The summed E-state index contributed by atoms with van der Waals surface area (Å²) in [6.07, 6.45) is -0.705. The van der Waals surface area contributed by atoms with Crippen LogP contribution in [0.2, 0.25) is 0 Å². The second-order valence-electron chi connectivity index (χ2n) is 8.67. The van der Waals surface area contributed by atoms with Crippen LogP contribution in [-0.4, -0.2) is 30.6 Å². The minimum Gasteiger partial charge on any atom is -0.390 e. The van der Waals surface area contributed by atoms with Crippen LogP contribution in [0.25, 0.3) is 0 Å². The molecule has 10 heteroatoms. The van der Waals surface area contributed by atoms with E-state index < -0.39 is 49.3 Å². The van der Waals surface area contributed by atoms with Gasteiger partial charge in [0.1, 0.15) is 0 Å². The number of nitrogens with two attached hydrogens (primary N) is 1. The molecule has 28 heavy (non-hydrogen) atoms. The molecule has 0 saturated heterocycles. The van der Waals surface area contributed by atoms with Gasteiger partial charge in [-0.1, -0.05) is 0 Å². The molecule has 4 fully saturated rings. The van der Waals surface area contributed by atoms with E-state index in [0.29, 0.717) is 44.2 Å². The Morgan fingerprint density at radius 1 is 1.18 bits per heavy atom. The van der Waals surface area contributed by atoms with Crippen molar-refractivity contribution in [2.75, 3.05) is 0 Å². The van der Waals surface area contributed by atoms with Crippen LogP contribution in [-0.2, 0) is 16.2 Å². The van der Waals surface area contributed by atoms with Gasteiger partial charge in [0.2, 0.25) is 10.0 Å². The third-order valence-electron chi connectivity index (χ3n) is 6.27. The van der Waals surface area contributed by atoms with Crippen LogP contribution < -0.4 is 10.5 Å². The van der Waals surface area contributed by atoms with Crippen LogP contribution >= 0.6 is 0 Å². The van der Waals surface area contributed by atoms with Crippen LogP contribution in [0, 0.1) is 11.8 Å². The number of hydrogen-bond acceptors (Lipinski definition) is 4. The minimum absolute atomic E-state index is 0.275. The van der Waals surface area contributed by atoms with Gasteiger partial charge in [0, 0.05) is 5.54 Å². The summed E-state index contributed by atoms with van der Waals surface area (Å²) in [4.78, 5) is 12.0. The summed E-state index contributed by atoms with van der Waals surface area (Å²) < 4.78 is 62.5. The lowest BCUT2D eigenvalue weighted by Gasteiger charge is -2.60. The first-order valence-electron chi connectivity index (χ1n) is 9.08. The van der Waals surface area contributed by atoms with Gasteiger partial charge in [-0.05, 0) is 68.6 Å². The van der Waals surface area contributed by atoms with Crippen molar-refractivity contribution in [1.82, 2.24) is 5.32 Å². The molecule has 0 spiro atoms. The smallest absolute Gasteiger partial charge is 0.390 e. The van der Waals surface area contributed by atoms with E-state index in [4.69, 9.17) is 5.14 Å². The molecule has 6 nitrogen and oxygen atoms in total. The van der Waals surface area contributed by atoms with Crippen molar-refractivity contribution >= 4 is 15.9 Å². The number of primary sulfonamides is 1. The third-order valence-corrected chi connectivity index (χ3v) is 7.22. The zero-order valence-corrected chi connectivity index (χ0v) is 15.7. The molecule has 4 saturated carbocycles. The fourth-order valence-electron chi connectivity index (χ4n) is 5.79. The highest BCUT2D eigenvalue weighted by Crippen LogP contribution is 2.57. The van der Waals surface area contributed by atoms with E-state index in [1.165, 1.54) is 0 Å². The van der Waals surface area contributed by atoms with E-state index in [0.717, 1.165) is 12.5 Å². The summed E-state index contributed by atoms with van der Waals surface area (Å²) in [5.74, 6) is -0.239. The number of carbonyl (C=O) groups excluding carboxylic acids is 1. The molecule has 5 rings (SSSR count). The lowest BCUT2D eigenvalue weighted by atomic mass is 9.51. The van der Waals surface area contributed by atoms with Crippen molar-refractivity contribution in [2.45, 2.75) is 60.7 Å². The molecule has 1 amide bonds. The number of rotatable bonds is 3. The molecule has 0 radical (unpaired) electrons. The van der Waals surface area contributed by atoms with E-state index >= 15 is 0 Å². The topological polar surface area (TPSA) is 109 Å². The quantitative estimate of drug-likeness (QED) is 0.699. The first-order chi connectivity index (χ1) is 12.8. The van der Waals surface area contributed by atoms with Crippen LogP contribution in [0.5, 0.6) is 0 Å². The standard InChI is InChI=1S/C18H21F3N2O4S/c19-18(20,21)12-1-2-13(14(4-12)28(22,26)27)15(24)23-16-5-10-3-11(6-16)8-17(25,7-10)9-16/h1-2,4,10-11,25H,3,5-9H2,(H,23,24)(H2,22,26,27). The average Bonchev–Trinajstić information content (AvgIpc) is 2.49. The molecular formula is C18H21F3N2O4S. The van der Waals surface area contributed by atoms with Gasteiger partial charge in [-0.2, -0.15) is 13.2 Å². The average molecular weight is 418 g/mol. The van der Waals surface area contributed by atoms with Crippen LogP contribution in [0.3, 0.4) is 0 Å². The number of halogens is 3. The van der Waals surface area contributed by atoms with Gasteiger partial charge < -0.3 is 10.4 Å². The van der Waals surface area contributed by atoms with E-state index in [1.807, 2.05) is 0 Å². The molecule has 4 bridgehead atoms. The Kier molecular flexibility index (Phi) is 4.16. The van der Waals surface area contributed by atoms with Gasteiger partial charge in [0.15, 0.2) is 0 Å². The van der Waals surface area contributed by atoms with E-state index in [2.05, 4.69) is 5.32 Å². The normalized spacial score (nSPS) is 34.5. The number of carbonyl (C=O) groups is 1. The molecule has 154 valence electrons. The van der Waals surface area contributed by atoms with Crippen molar-refractivity contribution in [3.05, 3.63) is 29.3 Å². The summed E-state index contributed by atoms with van der Waals surface area (Å²) >= 11 is 0. The third kappa shape index (κ3) is 3.42. The minimum atomic E-state index is -4.77. The largest absolute Gasteiger partial charge is 0.416 e.